The van der Waals surface area contributed by atoms with Gasteiger partial charge < -0.3 is 5.73 Å². The van der Waals surface area contributed by atoms with Crippen molar-refractivity contribution in [2.24, 2.45) is 5.73 Å². The van der Waals surface area contributed by atoms with E-state index in [9.17, 15) is 8.78 Å². The quantitative estimate of drug-likeness (QED) is 0.862. The smallest absolute Gasteiger partial charge is 0.159 e. The van der Waals surface area contributed by atoms with Gasteiger partial charge in [-0.3, -0.25) is 0 Å². The molecule has 2 aromatic carbocycles. The Morgan fingerprint density at radius 2 is 1.61 bits per heavy atom. The van der Waals surface area contributed by atoms with Crippen molar-refractivity contribution < 1.29 is 8.78 Å². The largest absolute Gasteiger partial charge is 0.324 e. The Hall–Kier alpha value is -1.45. The van der Waals surface area contributed by atoms with Gasteiger partial charge in [0.2, 0.25) is 0 Å². The molecule has 1 unspecified atom stereocenters. The first-order valence-electron chi connectivity index (χ1n) is 5.49. The number of nitrogens with two attached hydrogens (primary N) is 1. The molecule has 1 atom stereocenters. The molecule has 94 valence electrons. The molecule has 0 aliphatic carbocycles. The minimum absolute atomic E-state index is 0.170. The van der Waals surface area contributed by atoms with Gasteiger partial charge >= 0.3 is 0 Å². The molecule has 0 aromatic heterocycles. The lowest BCUT2D eigenvalue weighted by atomic mass is 10.0. The summed E-state index contributed by atoms with van der Waals surface area (Å²) in [7, 11) is 0. The molecule has 0 fully saturated rings. The molecule has 0 amide bonds. The van der Waals surface area contributed by atoms with E-state index in [0.29, 0.717) is 10.6 Å². The average molecular weight is 268 g/mol. The monoisotopic (exact) mass is 267 g/mol. The highest BCUT2D eigenvalue weighted by molar-refractivity contribution is 6.31. The maximum absolute atomic E-state index is 13.1. The van der Waals surface area contributed by atoms with Crippen LogP contribution in [0.1, 0.15) is 18.5 Å². The van der Waals surface area contributed by atoms with Gasteiger partial charge in [0.1, 0.15) is 0 Å². The van der Waals surface area contributed by atoms with E-state index < -0.39 is 11.6 Å². The van der Waals surface area contributed by atoms with Gasteiger partial charge in [0.25, 0.3) is 0 Å². The first-order valence-corrected chi connectivity index (χ1v) is 5.87. The molecule has 1 nitrogen and oxygen atoms in total. The lowest BCUT2D eigenvalue weighted by Crippen LogP contribution is -2.05. The Balaban J connectivity index is 2.45. The zero-order chi connectivity index (χ0) is 13.3. The molecule has 0 saturated carbocycles. The van der Waals surface area contributed by atoms with Crippen LogP contribution in [0.25, 0.3) is 11.1 Å². The molecular weight excluding hydrogens is 256 g/mol. The topological polar surface area (TPSA) is 26.0 Å². The lowest BCUT2D eigenvalue weighted by molar-refractivity contribution is 0.509. The first kappa shape index (κ1) is 13.0. The molecule has 2 rings (SSSR count). The molecule has 2 aromatic rings. The predicted octanol–water partition coefficient (Wildman–Crippen LogP) is 4.30. The Morgan fingerprint density at radius 1 is 1.00 bits per heavy atom. The minimum Gasteiger partial charge on any atom is -0.324 e. The summed E-state index contributed by atoms with van der Waals surface area (Å²) in [5, 5.41) is 0.521. The average Bonchev–Trinajstić information content (AvgIpc) is 2.32. The SMILES string of the molecule is CC(N)c1ccc(-c2ccc(F)c(F)c2)cc1Cl. The summed E-state index contributed by atoms with van der Waals surface area (Å²) in [6.07, 6.45) is 0. The van der Waals surface area contributed by atoms with Crippen LogP contribution in [0.5, 0.6) is 0 Å². The van der Waals surface area contributed by atoms with Crippen LogP contribution in [0.15, 0.2) is 36.4 Å². The van der Waals surface area contributed by atoms with Crippen molar-refractivity contribution >= 4 is 11.6 Å². The lowest BCUT2D eigenvalue weighted by Gasteiger charge is -2.10. The standard InChI is InChI=1S/C14H12ClF2N/c1-8(18)11-4-2-9(6-12(11)15)10-3-5-13(16)14(17)7-10/h2-8H,18H2,1H3. The second-order valence-electron chi connectivity index (χ2n) is 4.15. The number of benzene rings is 2. The van der Waals surface area contributed by atoms with Crippen molar-refractivity contribution in [3.05, 3.63) is 58.6 Å². The summed E-state index contributed by atoms with van der Waals surface area (Å²) in [6.45, 7) is 1.83. The molecule has 18 heavy (non-hydrogen) atoms. The van der Waals surface area contributed by atoms with E-state index in [4.69, 9.17) is 17.3 Å². The van der Waals surface area contributed by atoms with Gasteiger partial charge in [0.05, 0.1) is 0 Å². The predicted molar refractivity (Wildman–Crippen MR) is 69.4 cm³/mol. The molecule has 0 aliphatic heterocycles. The number of rotatable bonds is 2. The molecule has 0 bridgehead atoms. The Kier molecular flexibility index (Phi) is 3.64. The van der Waals surface area contributed by atoms with Gasteiger partial charge in [0, 0.05) is 11.1 Å². The van der Waals surface area contributed by atoms with Crippen molar-refractivity contribution in [2.75, 3.05) is 0 Å². The maximum Gasteiger partial charge on any atom is 0.159 e. The third-order valence-corrected chi connectivity index (χ3v) is 3.07. The van der Waals surface area contributed by atoms with E-state index in [2.05, 4.69) is 0 Å². The summed E-state index contributed by atoms with van der Waals surface area (Å²) < 4.78 is 26.0. The van der Waals surface area contributed by atoms with Crippen molar-refractivity contribution in [1.29, 1.82) is 0 Å². The van der Waals surface area contributed by atoms with E-state index in [1.54, 1.807) is 18.2 Å². The maximum atomic E-state index is 13.1. The Morgan fingerprint density at radius 3 is 2.17 bits per heavy atom. The van der Waals surface area contributed by atoms with E-state index in [-0.39, 0.29) is 6.04 Å². The Bertz CT molecular complexity index is 582. The van der Waals surface area contributed by atoms with E-state index in [1.807, 2.05) is 6.92 Å². The van der Waals surface area contributed by atoms with Crippen LogP contribution in [-0.4, -0.2) is 0 Å². The normalized spacial score (nSPS) is 12.5. The van der Waals surface area contributed by atoms with Gasteiger partial charge in [0.15, 0.2) is 11.6 Å². The van der Waals surface area contributed by atoms with Gasteiger partial charge in [-0.05, 0) is 41.8 Å². The van der Waals surface area contributed by atoms with Crippen molar-refractivity contribution in [2.45, 2.75) is 13.0 Å². The zero-order valence-corrected chi connectivity index (χ0v) is 10.5. The zero-order valence-electron chi connectivity index (χ0n) is 9.75. The molecule has 0 aliphatic rings. The molecular formula is C14H12ClF2N. The van der Waals surface area contributed by atoms with Gasteiger partial charge in [-0.1, -0.05) is 29.8 Å². The highest BCUT2D eigenvalue weighted by Crippen LogP contribution is 2.28. The fourth-order valence-corrected chi connectivity index (χ4v) is 2.10. The number of hydrogen-bond donors (Lipinski definition) is 1. The van der Waals surface area contributed by atoms with Crippen LogP contribution < -0.4 is 5.73 Å². The highest BCUT2D eigenvalue weighted by atomic mass is 35.5. The van der Waals surface area contributed by atoms with Crippen LogP contribution in [0.2, 0.25) is 5.02 Å². The molecule has 0 spiro atoms. The fraction of sp³-hybridized carbons (Fsp3) is 0.143. The molecule has 0 radical (unpaired) electrons. The summed E-state index contributed by atoms with van der Waals surface area (Å²) in [5.74, 6) is -1.74. The van der Waals surface area contributed by atoms with Crippen molar-refractivity contribution in [3.63, 3.8) is 0 Å². The van der Waals surface area contributed by atoms with Crippen LogP contribution in [0.4, 0.5) is 8.78 Å². The fourth-order valence-electron chi connectivity index (χ4n) is 1.75. The van der Waals surface area contributed by atoms with Gasteiger partial charge in [-0.15, -0.1) is 0 Å². The summed E-state index contributed by atoms with van der Waals surface area (Å²) >= 11 is 6.10. The van der Waals surface area contributed by atoms with Crippen LogP contribution in [0.3, 0.4) is 0 Å². The highest BCUT2D eigenvalue weighted by Gasteiger charge is 2.09. The summed E-state index contributed by atoms with van der Waals surface area (Å²) in [5.41, 5.74) is 7.88. The first-order chi connectivity index (χ1) is 8.49. The van der Waals surface area contributed by atoms with Crippen LogP contribution in [0, 0.1) is 11.6 Å². The summed E-state index contributed by atoms with van der Waals surface area (Å²) in [4.78, 5) is 0. The van der Waals surface area contributed by atoms with E-state index in [0.717, 1.165) is 23.3 Å². The third kappa shape index (κ3) is 2.52. The summed E-state index contributed by atoms with van der Waals surface area (Å²) in [6, 6.07) is 8.87. The molecule has 2 N–H and O–H groups in total. The van der Waals surface area contributed by atoms with Crippen molar-refractivity contribution in [1.82, 2.24) is 0 Å². The molecule has 0 heterocycles. The van der Waals surface area contributed by atoms with Gasteiger partial charge in [-0.2, -0.15) is 0 Å². The number of halogens is 3. The van der Waals surface area contributed by atoms with E-state index in [1.165, 1.54) is 6.07 Å². The van der Waals surface area contributed by atoms with Crippen LogP contribution >= 0.6 is 11.6 Å². The second kappa shape index (κ2) is 5.04. The molecule has 0 saturated heterocycles. The second-order valence-corrected chi connectivity index (χ2v) is 4.56. The van der Waals surface area contributed by atoms with Gasteiger partial charge in [-0.25, -0.2) is 8.78 Å². The Labute approximate surface area is 109 Å². The third-order valence-electron chi connectivity index (χ3n) is 2.74. The molecule has 4 heteroatoms. The van der Waals surface area contributed by atoms with E-state index >= 15 is 0 Å². The number of hydrogen-bond acceptors (Lipinski definition) is 1. The van der Waals surface area contributed by atoms with Crippen LogP contribution in [-0.2, 0) is 0 Å². The minimum atomic E-state index is -0.875. The van der Waals surface area contributed by atoms with Crippen molar-refractivity contribution in [3.8, 4) is 11.1 Å².